The van der Waals surface area contributed by atoms with Crippen molar-refractivity contribution >= 4 is 6.03 Å². The Kier molecular flexibility index (Phi) is 5.05. The molecule has 1 saturated carbocycles. The molecule has 2 aliphatic rings. The van der Waals surface area contributed by atoms with Gasteiger partial charge in [0, 0.05) is 31.2 Å². The Labute approximate surface area is 116 Å². The predicted molar refractivity (Wildman–Crippen MR) is 75.3 cm³/mol. The first-order valence-corrected chi connectivity index (χ1v) is 7.45. The number of urea groups is 1. The molecule has 0 aromatic heterocycles. The molecule has 2 rings (SSSR count). The molecule has 0 bridgehead atoms. The molecule has 1 saturated heterocycles. The van der Waals surface area contributed by atoms with Gasteiger partial charge in [-0.1, -0.05) is 12.8 Å². The van der Waals surface area contributed by atoms with Gasteiger partial charge in [0.1, 0.15) is 0 Å². The number of ether oxygens (including phenoxy) is 1. The Bertz CT molecular complexity index is 295. The second-order valence-corrected chi connectivity index (χ2v) is 6.22. The summed E-state index contributed by atoms with van der Waals surface area (Å²) in [7, 11) is 0. The maximum atomic E-state index is 11.9. The molecule has 5 nitrogen and oxygen atoms in total. The minimum Gasteiger partial charge on any atom is -0.379 e. The van der Waals surface area contributed by atoms with Crippen LogP contribution in [0.2, 0.25) is 0 Å². The fraction of sp³-hybridized carbons (Fsp3) is 0.929. The molecule has 2 amide bonds. The smallest absolute Gasteiger partial charge is 0.315 e. The lowest BCUT2D eigenvalue weighted by Crippen LogP contribution is -2.56. The van der Waals surface area contributed by atoms with Gasteiger partial charge in [0.2, 0.25) is 0 Å². The minimum atomic E-state index is -0.0202. The molecule has 0 atom stereocenters. The second-order valence-electron chi connectivity index (χ2n) is 6.22. The first kappa shape index (κ1) is 14.6. The van der Waals surface area contributed by atoms with Crippen LogP contribution in [-0.4, -0.2) is 55.4 Å². The van der Waals surface area contributed by atoms with Crippen molar-refractivity contribution in [1.82, 2.24) is 15.5 Å². The van der Waals surface area contributed by atoms with Crippen molar-refractivity contribution in [3.8, 4) is 0 Å². The zero-order valence-corrected chi connectivity index (χ0v) is 12.2. The molecule has 0 radical (unpaired) electrons. The van der Waals surface area contributed by atoms with Crippen LogP contribution in [0.15, 0.2) is 0 Å². The normalized spacial score (nSPS) is 22.4. The number of carbonyl (C=O) groups excluding carboxylic acids is 1. The van der Waals surface area contributed by atoms with Gasteiger partial charge in [-0.2, -0.15) is 0 Å². The molecule has 0 unspecified atom stereocenters. The molecule has 5 heteroatoms. The van der Waals surface area contributed by atoms with Gasteiger partial charge in [-0.3, -0.25) is 4.90 Å². The summed E-state index contributed by atoms with van der Waals surface area (Å²) in [5.74, 6) is 0. The van der Waals surface area contributed by atoms with Gasteiger partial charge in [-0.05, 0) is 26.7 Å². The molecule has 1 aliphatic heterocycles. The van der Waals surface area contributed by atoms with Crippen molar-refractivity contribution in [2.24, 2.45) is 0 Å². The zero-order valence-electron chi connectivity index (χ0n) is 12.2. The molecule has 1 aliphatic carbocycles. The largest absolute Gasteiger partial charge is 0.379 e. The summed E-state index contributed by atoms with van der Waals surface area (Å²) in [5, 5.41) is 6.08. The summed E-state index contributed by atoms with van der Waals surface area (Å²) >= 11 is 0. The first-order valence-electron chi connectivity index (χ1n) is 7.45. The number of nitrogens with one attached hydrogen (secondary N) is 2. The molecular formula is C14H27N3O2. The molecule has 0 spiro atoms. The van der Waals surface area contributed by atoms with E-state index in [4.69, 9.17) is 4.74 Å². The summed E-state index contributed by atoms with van der Waals surface area (Å²) in [6, 6.07) is 0.361. The van der Waals surface area contributed by atoms with Crippen LogP contribution in [0.25, 0.3) is 0 Å². The Hall–Kier alpha value is -0.810. The van der Waals surface area contributed by atoms with Crippen molar-refractivity contribution in [3.63, 3.8) is 0 Å². The zero-order chi connectivity index (χ0) is 13.7. The highest BCUT2D eigenvalue weighted by atomic mass is 16.5. The van der Waals surface area contributed by atoms with E-state index in [2.05, 4.69) is 29.4 Å². The van der Waals surface area contributed by atoms with Crippen LogP contribution in [0.5, 0.6) is 0 Å². The van der Waals surface area contributed by atoms with Crippen molar-refractivity contribution in [2.75, 3.05) is 32.8 Å². The van der Waals surface area contributed by atoms with Crippen molar-refractivity contribution in [2.45, 2.75) is 51.1 Å². The number of morpholine rings is 1. The first-order chi connectivity index (χ1) is 9.08. The number of hydrogen-bond acceptors (Lipinski definition) is 3. The number of hydrogen-bond donors (Lipinski definition) is 2. The summed E-state index contributed by atoms with van der Waals surface area (Å²) in [6.45, 7) is 8.49. The number of amides is 2. The topological polar surface area (TPSA) is 53.6 Å². The number of carbonyl (C=O) groups is 1. The lowest BCUT2D eigenvalue weighted by molar-refractivity contribution is -0.00876. The molecule has 2 N–H and O–H groups in total. The van der Waals surface area contributed by atoms with Crippen LogP contribution in [-0.2, 0) is 4.74 Å². The van der Waals surface area contributed by atoms with Crippen LogP contribution in [0.1, 0.15) is 39.5 Å². The Balaban J connectivity index is 1.71. The molecule has 0 aromatic rings. The molecule has 110 valence electrons. The fourth-order valence-electron chi connectivity index (χ4n) is 2.88. The maximum Gasteiger partial charge on any atom is 0.315 e. The average molecular weight is 269 g/mol. The Morgan fingerprint density at radius 3 is 2.53 bits per heavy atom. The van der Waals surface area contributed by atoms with E-state index >= 15 is 0 Å². The third kappa shape index (κ3) is 4.35. The van der Waals surface area contributed by atoms with Crippen LogP contribution in [0.3, 0.4) is 0 Å². The summed E-state index contributed by atoms with van der Waals surface area (Å²) < 4.78 is 5.37. The van der Waals surface area contributed by atoms with E-state index < -0.39 is 0 Å². The second kappa shape index (κ2) is 6.57. The van der Waals surface area contributed by atoms with Gasteiger partial charge >= 0.3 is 6.03 Å². The lowest BCUT2D eigenvalue weighted by atomic mass is 10.0. The van der Waals surface area contributed by atoms with E-state index in [0.717, 1.165) is 39.1 Å². The maximum absolute atomic E-state index is 11.9. The van der Waals surface area contributed by atoms with Crippen molar-refractivity contribution < 1.29 is 9.53 Å². The van der Waals surface area contributed by atoms with Crippen molar-refractivity contribution in [3.05, 3.63) is 0 Å². The number of rotatable bonds is 4. The standard InChI is InChI=1S/C14H27N3O2/c1-14(2,17-7-9-19-10-8-17)11-15-13(18)16-12-5-3-4-6-12/h12H,3-11H2,1-2H3,(H2,15,16,18). The quantitative estimate of drug-likeness (QED) is 0.810. The van der Waals surface area contributed by atoms with Gasteiger partial charge in [-0.15, -0.1) is 0 Å². The monoisotopic (exact) mass is 269 g/mol. The fourth-order valence-corrected chi connectivity index (χ4v) is 2.88. The average Bonchev–Trinajstić information content (AvgIpc) is 2.90. The summed E-state index contributed by atoms with van der Waals surface area (Å²) in [4.78, 5) is 14.2. The minimum absolute atomic E-state index is 0.0171. The molecular weight excluding hydrogens is 242 g/mol. The lowest BCUT2D eigenvalue weighted by Gasteiger charge is -2.40. The van der Waals surface area contributed by atoms with Gasteiger partial charge in [0.25, 0.3) is 0 Å². The van der Waals surface area contributed by atoms with E-state index in [1.165, 1.54) is 12.8 Å². The Morgan fingerprint density at radius 1 is 1.26 bits per heavy atom. The molecule has 19 heavy (non-hydrogen) atoms. The summed E-state index contributed by atoms with van der Waals surface area (Å²) in [6.07, 6.45) is 4.73. The van der Waals surface area contributed by atoms with E-state index in [-0.39, 0.29) is 11.6 Å². The predicted octanol–water partition coefficient (Wildman–Crippen LogP) is 1.34. The van der Waals surface area contributed by atoms with Gasteiger partial charge in [-0.25, -0.2) is 4.79 Å². The van der Waals surface area contributed by atoms with Crippen LogP contribution < -0.4 is 10.6 Å². The van der Waals surface area contributed by atoms with E-state index in [1.54, 1.807) is 0 Å². The highest BCUT2D eigenvalue weighted by Gasteiger charge is 2.28. The van der Waals surface area contributed by atoms with Crippen LogP contribution >= 0.6 is 0 Å². The highest BCUT2D eigenvalue weighted by molar-refractivity contribution is 5.74. The molecule has 2 fully saturated rings. The molecule has 1 heterocycles. The molecule has 0 aromatic carbocycles. The van der Waals surface area contributed by atoms with Crippen molar-refractivity contribution in [1.29, 1.82) is 0 Å². The van der Waals surface area contributed by atoms with Gasteiger partial charge < -0.3 is 15.4 Å². The van der Waals surface area contributed by atoms with Gasteiger partial charge in [0.15, 0.2) is 0 Å². The highest BCUT2D eigenvalue weighted by Crippen LogP contribution is 2.18. The van der Waals surface area contributed by atoms with E-state index in [9.17, 15) is 4.79 Å². The van der Waals surface area contributed by atoms with E-state index in [0.29, 0.717) is 12.6 Å². The Morgan fingerprint density at radius 2 is 1.89 bits per heavy atom. The summed E-state index contributed by atoms with van der Waals surface area (Å²) in [5.41, 5.74) is -0.0171. The third-order valence-corrected chi connectivity index (χ3v) is 4.24. The van der Waals surface area contributed by atoms with Crippen LogP contribution in [0.4, 0.5) is 4.79 Å². The van der Waals surface area contributed by atoms with Gasteiger partial charge in [0.05, 0.1) is 13.2 Å². The SMILES string of the molecule is CC(C)(CNC(=O)NC1CCCC1)N1CCOCC1. The van der Waals surface area contributed by atoms with Crippen LogP contribution in [0, 0.1) is 0 Å². The third-order valence-electron chi connectivity index (χ3n) is 4.24. The van der Waals surface area contributed by atoms with E-state index in [1.807, 2.05) is 0 Å². The number of nitrogens with zero attached hydrogens (tertiary/aromatic N) is 1.